The first-order valence-corrected chi connectivity index (χ1v) is 8.60. The van der Waals surface area contributed by atoms with E-state index in [4.69, 9.17) is 15.2 Å². The van der Waals surface area contributed by atoms with Crippen LogP contribution in [0.2, 0.25) is 0 Å². The predicted molar refractivity (Wildman–Crippen MR) is 92.2 cm³/mol. The van der Waals surface area contributed by atoms with Crippen LogP contribution in [0.1, 0.15) is 37.6 Å². The van der Waals surface area contributed by atoms with Gasteiger partial charge in [0.1, 0.15) is 17.3 Å². The highest BCUT2D eigenvalue weighted by Crippen LogP contribution is 2.25. The van der Waals surface area contributed by atoms with Crippen molar-refractivity contribution in [1.82, 2.24) is 9.88 Å². The molecule has 138 valence electrons. The molecule has 2 atom stereocenters. The van der Waals surface area contributed by atoms with Crippen molar-refractivity contribution in [2.45, 2.75) is 45.1 Å². The summed E-state index contributed by atoms with van der Waals surface area (Å²) >= 11 is 3.19. The summed E-state index contributed by atoms with van der Waals surface area (Å²) in [6.07, 6.45) is -1.15. The first-order chi connectivity index (χ1) is 11.6. The van der Waals surface area contributed by atoms with Crippen molar-refractivity contribution in [3.63, 3.8) is 0 Å². The number of piperidine rings is 1. The van der Waals surface area contributed by atoms with Crippen LogP contribution < -0.4 is 10.5 Å². The van der Waals surface area contributed by atoms with Crippen LogP contribution >= 0.6 is 15.9 Å². The molecule has 1 fully saturated rings. The van der Waals surface area contributed by atoms with Gasteiger partial charge in [-0.3, -0.25) is 4.79 Å². The number of nitrogens with zero attached hydrogens (tertiary/aromatic N) is 2. The first kappa shape index (κ1) is 19.4. The predicted octanol–water partition coefficient (Wildman–Crippen LogP) is 2.67. The van der Waals surface area contributed by atoms with Gasteiger partial charge in [-0.15, -0.1) is 0 Å². The van der Waals surface area contributed by atoms with Crippen molar-refractivity contribution < 1.29 is 23.5 Å². The lowest BCUT2D eigenvalue weighted by Gasteiger charge is -2.35. The minimum Gasteiger partial charge on any atom is -0.471 e. The molecule has 25 heavy (non-hydrogen) atoms. The molecule has 2 heterocycles. The maximum atomic E-state index is 14.5. The molecule has 1 aromatic heterocycles. The molecule has 0 radical (unpaired) electrons. The van der Waals surface area contributed by atoms with Gasteiger partial charge in [-0.2, -0.15) is 0 Å². The molecule has 1 aliphatic rings. The Bertz CT molecular complexity index is 665. The van der Waals surface area contributed by atoms with E-state index in [1.54, 1.807) is 20.8 Å². The highest BCUT2D eigenvalue weighted by atomic mass is 79.9. The number of carbonyl (C=O) groups is 2. The molecule has 0 aliphatic carbocycles. The van der Waals surface area contributed by atoms with E-state index in [1.165, 1.54) is 17.2 Å². The molecule has 2 N–H and O–H groups in total. The molecule has 0 aromatic carbocycles. The van der Waals surface area contributed by atoms with Crippen molar-refractivity contribution in [3.8, 4) is 5.88 Å². The average molecular weight is 418 g/mol. The summed E-state index contributed by atoms with van der Waals surface area (Å²) in [6.45, 7) is 5.37. The number of aromatic nitrogens is 1. The Kier molecular flexibility index (Phi) is 5.87. The van der Waals surface area contributed by atoms with E-state index < -0.39 is 29.9 Å². The molecule has 1 aliphatic heterocycles. The van der Waals surface area contributed by atoms with Crippen LogP contribution in [-0.2, 0) is 4.74 Å². The third-order valence-corrected chi connectivity index (χ3v) is 3.91. The van der Waals surface area contributed by atoms with Gasteiger partial charge in [0, 0.05) is 23.6 Å². The van der Waals surface area contributed by atoms with Crippen LogP contribution in [0.25, 0.3) is 0 Å². The second-order valence-corrected chi connectivity index (χ2v) is 7.67. The van der Waals surface area contributed by atoms with E-state index in [-0.39, 0.29) is 31.0 Å². The van der Waals surface area contributed by atoms with Gasteiger partial charge in [0.2, 0.25) is 5.88 Å². The summed E-state index contributed by atoms with van der Waals surface area (Å²) in [5.41, 5.74) is 4.72. The molecule has 2 amide bonds. The van der Waals surface area contributed by atoms with Gasteiger partial charge in [-0.05, 0) is 42.8 Å². The second-order valence-electron chi connectivity index (χ2n) is 6.76. The first-order valence-electron chi connectivity index (χ1n) is 7.81. The number of nitrogens with two attached hydrogens (primary N) is 1. The SMILES string of the molecule is CC(C)(C)OC(=O)N1CC[C@@H](Oc2ncc(Br)cc2C(N)=O)[C@@H](F)C1. The number of hydrogen-bond acceptors (Lipinski definition) is 5. The smallest absolute Gasteiger partial charge is 0.410 e. The Morgan fingerprint density at radius 2 is 2.12 bits per heavy atom. The number of carbonyl (C=O) groups excluding carboxylic acids is 2. The third kappa shape index (κ3) is 5.29. The molecule has 0 spiro atoms. The fourth-order valence-electron chi connectivity index (χ4n) is 2.35. The van der Waals surface area contributed by atoms with Crippen LogP contribution in [0.3, 0.4) is 0 Å². The van der Waals surface area contributed by atoms with Gasteiger partial charge < -0.3 is 20.1 Å². The Morgan fingerprint density at radius 1 is 1.44 bits per heavy atom. The number of pyridine rings is 1. The third-order valence-electron chi connectivity index (χ3n) is 3.48. The van der Waals surface area contributed by atoms with Crippen molar-refractivity contribution in [2.24, 2.45) is 5.73 Å². The van der Waals surface area contributed by atoms with Crippen LogP contribution in [0.15, 0.2) is 16.7 Å². The number of likely N-dealkylation sites (tertiary alicyclic amines) is 1. The highest BCUT2D eigenvalue weighted by molar-refractivity contribution is 9.10. The van der Waals surface area contributed by atoms with Gasteiger partial charge in [0.25, 0.3) is 5.91 Å². The Balaban J connectivity index is 2.03. The van der Waals surface area contributed by atoms with Gasteiger partial charge in [0.05, 0.1) is 6.54 Å². The van der Waals surface area contributed by atoms with E-state index in [0.29, 0.717) is 4.47 Å². The summed E-state index contributed by atoms with van der Waals surface area (Å²) in [4.78, 5) is 28.8. The number of primary amides is 1. The molecule has 0 saturated carbocycles. The lowest BCUT2D eigenvalue weighted by Crippen LogP contribution is -2.50. The molecule has 2 rings (SSSR count). The van der Waals surface area contributed by atoms with Crippen molar-refractivity contribution in [2.75, 3.05) is 13.1 Å². The summed E-state index contributed by atoms with van der Waals surface area (Å²) in [7, 11) is 0. The zero-order valence-corrected chi connectivity index (χ0v) is 15.9. The normalized spacial score (nSPS) is 20.9. The van der Waals surface area contributed by atoms with E-state index in [9.17, 15) is 14.0 Å². The summed E-state index contributed by atoms with van der Waals surface area (Å²) in [5.74, 6) is -0.737. The van der Waals surface area contributed by atoms with E-state index in [2.05, 4.69) is 20.9 Å². The topological polar surface area (TPSA) is 94.8 Å². The minimum atomic E-state index is -1.44. The van der Waals surface area contributed by atoms with E-state index in [1.807, 2.05) is 0 Å². The van der Waals surface area contributed by atoms with Crippen molar-refractivity contribution in [3.05, 3.63) is 22.3 Å². The van der Waals surface area contributed by atoms with Gasteiger partial charge in [0.15, 0.2) is 6.17 Å². The van der Waals surface area contributed by atoms with Crippen molar-refractivity contribution >= 4 is 27.9 Å². The zero-order chi connectivity index (χ0) is 18.8. The molecular formula is C16H21BrFN3O4. The quantitative estimate of drug-likeness (QED) is 0.815. The highest BCUT2D eigenvalue weighted by Gasteiger charge is 2.35. The molecule has 7 nitrogen and oxygen atoms in total. The van der Waals surface area contributed by atoms with Gasteiger partial charge in [-0.25, -0.2) is 14.2 Å². The van der Waals surface area contributed by atoms with Crippen LogP contribution in [0.5, 0.6) is 5.88 Å². The van der Waals surface area contributed by atoms with E-state index >= 15 is 0 Å². The Hall–Kier alpha value is -1.90. The van der Waals surface area contributed by atoms with Crippen LogP contribution in [-0.4, -0.2) is 52.9 Å². The number of amides is 2. The second kappa shape index (κ2) is 7.55. The lowest BCUT2D eigenvalue weighted by atomic mass is 10.1. The fourth-order valence-corrected chi connectivity index (χ4v) is 2.68. The van der Waals surface area contributed by atoms with Crippen molar-refractivity contribution in [1.29, 1.82) is 0 Å². The number of ether oxygens (including phenoxy) is 2. The largest absolute Gasteiger partial charge is 0.471 e. The fraction of sp³-hybridized carbons (Fsp3) is 0.562. The number of alkyl halides is 1. The zero-order valence-electron chi connectivity index (χ0n) is 14.3. The Labute approximate surface area is 153 Å². The van der Waals surface area contributed by atoms with Crippen LogP contribution in [0, 0.1) is 0 Å². The summed E-state index contributed by atoms with van der Waals surface area (Å²) < 4.78 is 25.8. The summed E-state index contributed by atoms with van der Waals surface area (Å²) in [6, 6.07) is 1.47. The van der Waals surface area contributed by atoms with E-state index in [0.717, 1.165) is 0 Å². The standard InChI is InChI=1S/C16H21BrFN3O4/c1-16(2,3)25-15(23)21-5-4-12(11(18)8-21)24-14-10(13(19)22)6-9(17)7-20-14/h6-7,11-12H,4-5,8H2,1-3H3,(H2,19,22)/t11-,12+/m0/s1. The molecule has 1 aromatic rings. The number of hydrogen-bond donors (Lipinski definition) is 1. The lowest BCUT2D eigenvalue weighted by molar-refractivity contribution is -0.0115. The monoisotopic (exact) mass is 417 g/mol. The molecule has 9 heteroatoms. The summed E-state index contributed by atoms with van der Waals surface area (Å²) in [5, 5.41) is 0. The minimum absolute atomic E-state index is 0.0194. The number of rotatable bonds is 3. The maximum absolute atomic E-state index is 14.5. The van der Waals surface area contributed by atoms with Crippen LogP contribution in [0.4, 0.5) is 9.18 Å². The van der Waals surface area contributed by atoms with Gasteiger partial charge in [-0.1, -0.05) is 0 Å². The average Bonchev–Trinajstić information content (AvgIpc) is 2.48. The molecule has 0 unspecified atom stereocenters. The Morgan fingerprint density at radius 3 is 2.68 bits per heavy atom. The molecule has 0 bridgehead atoms. The van der Waals surface area contributed by atoms with Gasteiger partial charge >= 0.3 is 6.09 Å². The molecule has 1 saturated heterocycles. The maximum Gasteiger partial charge on any atom is 0.410 e. The molecular weight excluding hydrogens is 397 g/mol. The number of halogens is 2.